The standard InChI is InChI=1S/C20H25ClF2N4O3S/c1-31(29)26-6-4-25(5-7-26)18-12-24-27(16-10-14(22)9-15(23)11-16)20(28)19(18)30-17-3-2-13(21)8-17/h9-11,13,17,24H,2-8,12H2,1H3. The summed E-state index contributed by atoms with van der Waals surface area (Å²) in [5.74, 6) is -1.88. The molecule has 170 valence electrons. The lowest BCUT2D eigenvalue weighted by atomic mass is 10.2. The molecular weight excluding hydrogens is 450 g/mol. The molecule has 0 bridgehead atoms. The van der Waals surface area contributed by atoms with E-state index in [9.17, 15) is 18.1 Å². The van der Waals surface area contributed by atoms with Gasteiger partial charge in [-0.05, 0) is 25.0 Å². The maximum absolute atomic E-state index is 13.7. The zero-order valence-electron chi connectivity index (χ0n) is 17.2. The number of anilines is 1. The second-order valence-corrected chi connectivity index (χ2v) is 9.85. The fourth-order valence-corrected chi connectivity index (χ4v) is 5.16. The Bertz CT molecular complexity index is 847. The van der Waals surface area contributed by atoms with Gasteiger partial charge in [-0.3, -0.25) is 4.79 Å². The van der Waals surface area contributed by atoms with Crippen molar-refractivity contribution >= 4 is 34.6 Å². The molecule has 11 heteroatoms. The van der Waals surface area contributed by atoms with Crippen molar-refractivity contribution in [2.45, 2.75) is 30.7 Å². The molecule has 2 aliphatic heterocycles. The summed E-state index contributed by atoms with van der Waals surface area (Å²) in [4.78, 5) is 15.4. The van der Waals surface area contributed by atoms with Crippen molar-refractivity contribution in [3.63, 3.8) is 0 Å². The Labute approximate surface area is 188 Å². The highest BCUT2D eigenvalue weighted by Gasteiger charge is 2.37. The largest absolute Gasteiger partial charge is 0.598 e. The van der Waals surface area contributed by atoms with Crippen molar-refractivity contribution in [3.05, 3.63) is 41.3 Å². The molecule has 2 heterocycles. The minimum Gasteiger partial charge on any atom is -0.598 e. The van der Waals surface area contributed by atoms with Gasteiger partial charge >= 0.3 is 5.91 Å². The molecule has 0 aromatic heterocycles. The number of hydrogen-bond donors (Lipinski definition) is 1. The van der Waals surface area contributed by atoms with Crippen molar-refractivity contribution in [2.24, 2.45) is 0 Å². The molecule has 4 rings (SSSR count). The first-order chi connectivity index (χ1) is 14.8. The van der Waals surface area contributed by atoms with Gasteiger partial charge in [-0.15, -0.1) is 15.9 Å². The number of piperazine rings is 1. The zero-order chi connectivity index (χ0) is 22.1. The summed E-state index contributed by atoms with van der Waals surface area (Å²) < 4.78 is 47.3. The first-order valence-corrected chi connectivity index (χ1v) is 12.2. The smallest absolute Gasteiger partial charge is 0.309 e. The number of carbonyl (C=O) groups excluding carboxylic acids is 1. The lowest BCUT2D eigenvalue weighted by molar-refractivity contribution is -0.121. The zero-order valence-corrected chi connectivity index (χ0v) is 18.7. The minimum absolute atomic E-state index is 0.00219. The van der Waals surface area contributed by atoms with E-state index in [-0.39, 0.29) is 29.5 Å². The number of nitrogens with one attached hydrogen (secondary N) is 1. The van der Waals surface area contributed by atoms with Gasteiger partial charge in [0.05, 0.1) is 31.0 Å². The number of alkyl halides is 1. The molecule has 1 amide bonds. The van der Waals surface area contributed by atoms with Crippen molar-refractivity contribution in [3.8, 4) is 0 Å². The molecule has 1 saturated carbocycles. The quantitative estimate of drug-likeness (QED) is 0.520. The van der Waals surface area contributed by atoms with Crippen LogP contribution >= 0.6 is 11.6 Å². The number of hydrogen-bond acceptors (Lipinski definition) is 6. The van der Waals surface area contributed by atoms with Crippen LogP contribution in [0.3, 0.4) is 0 Å². The fraction of sp³-hybridized carbons (Fsp3) is 0.550. The number of carbonyl (C=O) groups is 1. The Kier molecular flexibility index (Phi) is 6.92. The fourth-order valence-electron chi connectivity index (χ4n) is 4.16. The summed E-state index contributed by atoms with van der Waals surface area (Å²) in [6, 6.07) is 2.94. The molecule has 3 unspecified atom stereocenters. The summed E-state index contributed by atoms with van der Waals surface area (Å²) in [6.07, 6.45) is 3.64. The van der Waals surface area contributed by atoms with E-state index in [1.54, 1.807) is 6.26 Å². The summed E-state index contributed by atoms with van der Waals surface area (Å²) >= 11 is 5.17. The third-order valence-corrected chi connectivity index (χ3v) is 7.25. The Morgan fingerprint density at radius 1 is 1.16 bits per heavy atom. The van der Waals surface area contributed by atoms with Crippen molar-refractivity contribution < 1.29 is 22.9 Å². The molecule has 1 saturated heterocycles. The highest BCUT2D eigenvalue weighted by molar-refractivity contribution is 7.88. The Morgan fingerprint density at radius 3 is 2.42 bits per heavy atom. The van der Waals surface area contributed by atoms with E-state index in [1.807, 2.05) is 9.21 Å². The van der Waals surface area contributed by atoms with Crippen LogP contribution in [0.4, 0.5) is 14.5 Å². The van der Waals surface area contributed by atoms with Gasteiger partial charge < -0.3 is 14.2 Å². The van der Waals surface area contributed by atoms with Crippen molar-refractivity contribution in [1.29, 1.82) is 0 Å². The van der Waals surface area contributed by atoms with Crippen LogP contribution in [0.2, 0.25) is 0 Å². The number of ether oxygens (including phenoxy) is 1. The first kappa shape index (κ1) is 22.6. The lowest BCUT2D eigenvalue weighted by Gasteiger charge is -2.40. The molecule has 2 fully saturated rings. The molecule has 1 N–H and O–H groups in total. The maximum Gasteiger partial charge on any atom is 0.309 e. The Morgan fingerprint density at radius 2 is 1.84 bits per heavy atom. The lowest BCUT2D eigenvalue weighted by Crippen LogP contribution is -2.55. The van der Waals surface area contributed by atoms with Crippen LogP contribution in [0.1, 0.15) is 19.3 Å². The van der Waals surface area contributed by atoms with Gasteiger partial charge in [-0.25, -0.2) is 19.2 Å². The number of nitrogens with zero attached hydrogens (tertiary/aromatic N) is 3. The average Bonchev–Trinajstić information content (AvgIpc) is 3.13. The van der Waals surface area contributed by atoms with E-state index < -0.39 is 28.9 Å². The SMILES string of the molecule is C[S+]([O-])N1CCN(C2=C(OC3CCC(Cl)C3)C(=O)N(c3cc(F)cc(F)c3)NC2)CC1. The van der Waals surface area contributed by atoms with E-state index in [0.717, 1.165) is 36.0 Å². The third-order valence-electron chi connectivity index (χ3n) is 5.76. The molecule has 1 aromatic carbocycles. The number of halogens is 3. The van der Waals surface area contributed by atoms with Gasteiger partial charge in [0.1, 0.15) is 24.0 Å². The topological polar surface area (TPSA) is 71.1 Å². The van der Waals surface area contributed by atoms with Crippen LogP contribution in [-0.2, 0) is 20.9 Å². The molecular formula is C20H25ClF2N4O3S. The summed E-state index contributed by atoms with van der Waals surface area (Å²) in [5.41, 5.74) is 3.71. The molecule has 1 aromatic rings. The van der Waals surface area contributed by atoms with Crippen LogP contribution in [0.5, 0.6) is 0 Å². The minimum atomic E-state index is -1.05. The maximum atomic E-state index is 13.7. The predicted octanol–water partition coefficient (Wildman–Crippen LogP) is 2.12. The number of benzene rings is 1. The summed E-state index contributed by atoms with van der Waals surface area (Å²) in [5, 5.41) is 1.12. The van der Waals surface area contributed by atoms with Crippen molar-refractivity contribution in [2.75, 3.05) is 44.0 Å². The molecule has 3 aliphatic rings. The van der Waals surface area contributed by atoms with E-state index in [2.05, 4.69) is 5.43 Å². The van der Waals surface area contributed by atoms with E-state index >= 15 is 0 Å². The summed E-state index contributed by atoms with van der Waals surface area (Å²) in [6.45, 7) is 2.63. The summed E-state index contributed by atoms with van der Waals surface area (Å²) in [7, 11) is 0. The second kappa shape index (κ2) is 9.50. The van der Waals surface area contributed by atoms with Gasteiger partial charge in [0.15, 0.2) is 0 Å². The van der Waals surface area contributed by atoms with Gasteiger partial charge in [-0.2, -0.15) is 0 Å². The predicted molar refractivity (Wildman–Crippen MR) is 114 cm³/mol. The number of rotatable bonds is 5. The van der Waals surface area contributed by atoms with Gasteiger partial charge in [-0.1, -0.05) is 0 Å². The van der Waals surface area contributed by atoms with Gasteiger partial charge in [0, 0.05) is 42.3 Å². The second-order valence-electron chi connectivity index (χ2n) is 7.87. The van der Waals surface area contributed by atoms with Gasteiger partial charge in [0.2, 0.25) is 5.76 Å². The van der Waals surface area contributed by atoms with Crippen LogP contribution in [0, 0.1) is 11.6 Å². The Balaban J connectivity index is 1.61. The number of hydrazine groups is 1. The van der Waals surface area contributed by atoms with Crippen LogP contribution in [-0.4, -0.2) is 70.1 Å². The normalized spacial score (nSPS) is 26.5. The Hall–Kier alpha value is -1.59. The van der Waals surface area contributed by atoms with E-state index in [0.29, 0.717) is 38.3 Å². The molecule has 0 radical (unpaired) electrons. The molecule has 7 nitrogen and oxygen atoms in total. The van der Waals surface area contributed by atoms with Crippen molar-refractivity contribution in [1.82, 2.24) is 14.6 Å². The highest BCUT2D eigenvalue weighted by Crippen LogP contribution is 2.32. The number of amides is 1. The highest BCUT2D eigenvalue weighted by atomic mass is 35.5. The molecule has 3 atom stereocenters. The van der Waals surface area contributed by atoms with Crippen LogP contribution < -0.4 is 10.4 Å². The molecule has 31 heavy (non-hydrogen) atoms. The van der Waals surface area contributed by atoms with Gasteiger partial charge in [0.25, 0.3) is 0 Å². The monoisotopic (exact) mass is 474 g/mol. The van der Waals surface area contributed by atoms with E-state index in [1.165, 1.54) is 0 Å². The first-order valence-electron chi connectivity index (χ1n) is 10.2. The third kappa shape index (κ3) is 5.09. The molecule has 1 aliphatic carbocycles. The van der Waals surface area contributed by atoms with Crippen LogP contribution in [0.15, 0.2) is 29.7 Å². The van der Waals surface area contributed by atoms with E-state index in [4.69, 9.17) is 16.3 Å². The van der Waals surface area contributed by atoms with Crippen LogP contribution in [0.25, 0.3) is 0 Å². The molecule has 0 spiro atoms. The average molecular weight is 475 g/mol.